The van der Waals surface area contributed by atoms with Crippen LogP contribution >= 0.6 is 0 Å². The van der Waals surface area contributed by atoms with E-state index in [0.29, 0.717) is 12.0 Å². The van der Waals surface area contributed by atoms with Crippen molar-refractivity contribution >= 4 is 11.9 Å². The van der Waals surface area contributed by atoms with Crippen molar-refractivity contribution in [2.45, 2.75) is 41.0 Å². The van der Waals surface area contributed by atoms with E-state index in [4.69, 9.17) is 4.74 Å². The molecule has 0 bridgehead atoms. The second kappa shape index (κ2) is 7.86. The van der Waals surface area contributed by atoms with E-state index in [0.717, 1.165) is 5.57 Å². The van der Waals surface area contributed by atoms with Crippen molar-refractivity contribution in [1.82, 2.24) is 0 Å². The van der Waals surface area contributed by atoms with E-state index in [2.05, 4.69) is 0 Å². The molecule has 0 atom stereocenters. The number of Topliss-reactive ketones (excluding diaryl/α,β-unsaturated/α-hetero) is 1. The lowest BCUT2D eigenvalue weighted by molar-refractivity contribution is 0.101. The highest BCUT2D eigenvalue weighted by Crippen LogP contribution is 2.44. The van der Waals surface area contributed by atoms with E-state index in [1.54, 1.807) is 6.08 Å². The van der Waals surface area contributed by atoms with Gasteiger partial charge in [0.2, 0.25) is 0 Å². The number of hydrogen-bond donors (Lipinski definition) is 2. The number of benzene rings is 1. The Bertz CT molecular complexity index is 648. The first-order valence-electron chi connectivity index (χ1n) is 7.67. The Morgan fingerprint density at radius 1 is 1.17 bits per heavy atom. The minimum Gasteiger partial charge on any atom is -0.507 e. The number of methoxy groups -OCH3 is 1. The van der Waals surface area contributed by atoms with Crippen molar-refractivity contribution in [2.24, 2.45) is 5.92 Å². The van der Waals surface area contributed by atoms with Crippen LogP contribution in [-0.4, -0.2) is 23.1 Å². The smallest absolute Gasteiger partial charge is 0.167 e. The third-order valence-corrected chi connectivity index (χ3v) is 3.45. The Morgan fingerprint density at radius 3 is 2.22 bits per heavy atom. The quantitative estimate of drug-likeness (QED) is 0.599. The van der Waals surface area contributed by atoms with Crippen molar-refractivity contribution in [2.75, 3.05) is 7.11 Å². The topological polar surface area (TPSA) is 66.8 Å². The molecule has 0 fully saturated rings. The van der Waals surface area contributed by atoms with E-state index < -0.39 is 0 Å². The number of ether oxygens (including phenoxy) is 1. The Labute approximate surface area is 138 Å². The molecule has 0 radical (unpaired) electrons. The van der Waals surface area contributed by atoms with Crippen LogP contribution < -0.4 is 4.74 Å². The summed E-state index contributed by atoms with van der Waals surface area (Å²) in [6.45, 7) is 9.26. The molecule has 0 aliphatic carbocycles. The zero-order chi connectivity index (χ0) is 17.7. The van der Waals surface area contributed by atoms with Gasteiger partial charge in [0, 0.05) is 5.56 Å². The van der Waals surface area contributed by atoms with Crippen LogP contribution in [0.15, 0.2) is 17.7 Å². The zero-order valence-corrected chi connectivity index (χ0v) is 14.7. The number of hydrogen-bond acceptors (Lipinski definition) is 4. The SMILES string of the molecule is COc1c(CC=C(C)C)c(O)c(C=CC(C)C)c(O)c1C(C)=O. The molecule has 0 aliphatic heterocycles. The zero-order valence-electron chi connectivity index (χ0n) is 14.7. The van der Waals surface area contributed by atoms with Gasteiger partial charge in [-0.1, -0.05) is 37.6 Å². The summed E-state index contributed by atoms with van der Waals surface area (Å²) < 4.78 is 5.32. The van der Waals surface area contributed by atoms with E-state index >= 15 is 0 Å². The first kappa shape index (κ1) is 18.8. The Balaban J connectivity index is 3.72. The van der Waals surface area contributed by atoms with E-state index in [-0.39, 0.29) is 40.1 Å². The van der Waals surface area contributed by atoms with E-state index in [9.17, 15) is 15.0 Å². The standard InChI is InChI=1S/C19H26O4/c1-11(2)7-9-14-17(21)15(10-8-12(3)4)19(23-6)16(13(5)20)18(14)22/h7-9,11,21-22H,10H2,1-6H3. The molecule has 0 saturated carbocycles. The molecule has 0 unspecified atom stereocenters. The number of carbonyl (C=O) groups excluding carboxylic acids is 1. The summed E-state index contributed by atoms with van der Waals surface area (Å²) in [5.74, 6) is -0.134. The maximum Gasteiger partial charge on any atom is 0.167 e. The Hall–Kier alpha value is -2.23. The predicted molar refractivity (Wildman–Crippen MR) is 93.3 cm³/mol. The van der Waals surface area contributed by atoms with Gasteiger partial charge in [0.1, 0.15) is 22.8 Å². The fourth-order valence-electron chi connectivity index (χ4n) is 2.27. The summed E-state index contributed by atoms with van der Waals surface area (Å²) in [5.41, 5.74) is 1.94. The van der Waals surface area contributed by atoms with Gasteiger partial charge in [0.25, 0.3) is 0 Å². The molecule has 0 heterocycles. The first-order chi connectivity index (χ1) is 10.7. The van der Waals surface area contributed by atoms with Gasteiger partial charge in [-0.3, -0.25) is 4.79 Å². The molecular formula is C19H26O4. The number of ketones is 1. The molecule has 1 aromatic rings. The molecule has 0 aromatic heterocycles. The molecule has 4 nitrogen and oxygen atoms in total. The number of phenols is 2. The molecule has 0 amide bonds. The summed E-state index contributed by atoms with van der Waals surface area (Å²) in [6.07, 6.45) is 5.86. The van der Waals surface area contributed by atoms with Crippen LogP contribution in [0.5, 0.6) is 17.2 Å². The summed E-state index contributed by atoms with van der Waals surface area (Å²) in [6, 6.07) is 0. The Kier molecular flexibility index (Phi) is 6.43. The molecule has 23 heavy (non-hydrogen) atoms. The third kappa shape index (κ3) is 4.38. The van der Waals surface area contributed by atoms with Crippen molar-refractivity contribution < 1.29 is 19.7 Å². The molecule has 0 spiro atoms. The highest BCUT2D eigenvalue weighted by atomic mass is 16.5. The molecule has 0 saturated heterocycles. The van der Waals surface area contributed by atoms with Gasteiger partial charge in [-0.25, -0.2) is 0 Å². The summed E-state index contributed by atoms with van der Waals surface area (Å²) in [4.78, 5) is 12.0. The average molecular weight is 318 g/mol. The number of aromatic hydroxyl groups is 2. The van der Waals surface area contributed by atoms with Crippen LogP contribution in [0, 0.1) is 5.92 Å². The van der Waals surface area contributed by atoms with E-state index in [1.165, 1.54) is 14.0 Å². The van der Waals surface area contributed by atoms with E-state index in [1.807, 2.05) is 39.8 Å². The van der Waals surface area contributed by atoms with Crippen LogP contribution in [-0.2, 0) is 6.42 Å². The van der Waals surface area contributed by atoms with Gasteiger partial charge in [-0.05, 0) is 33.1 Å². The molecule has 1 aromatic carbocycles. The minimum atomic E-state index is -0.308. The minimum absolute atomic E-state index is 0.0567. The van der Waals surface area contributed by atoms with Crippen LogP contribution in [0.4, 0.5) is 0 Å². The maximum atomic E-state index is 12.0. The van der Waals surface area contributed by atoms with Gasteiger partial charge in [-0.2, -0.15) is 0 Å². The predicted octanol–water partition coefficient (Wildman–Crippen LogP) is 4.49. The normalized spacial score (nSPS) is 11.1. The number of phenolic OH excluding ortho intramolecular Hbond substituents is 2. The maximum absolute atomic E-state index is 12.0. The lowest BCUT2D eigenvalue weighted by Gasteiger charge is -2.17. The molecule has 126 valence electrons. The van der Waals surface area contributed by atoms with Gasteiger partial charge < -0.3 is 14.9 Å². The fourth-order valence-corrected chi connectivity index (χ4v) is 2.27. The largest absolute Gasteiger partial charge is 0.507 e. The fraction of sp³-hybridized carbons (Fsp3) is 0.421. The number of carbonyl (C=O) groups is 1. The molecular weight excluding hydrogens is 292 g/mol. The van der Waals surface area contributed by atoms with Crippen molar-refractivity contribution in [3.8, 4) is 17.2 Å². The second-order valence-electron chi connectivity index (χ2n) is 6.14. The molecule has 2 N–H and O–H groups in total. The van der Waals surface area contributed by atoms with Gasteiger partial charge in [0.05, 0.1) is 12.7 Å². The molecule has 1 rings (SSSR count). The summed E-state index contributed by atoms with van der Waals surface area (Å²) >= 11 is 0. The third-order valence-electron chi connectivity index (χ3n) is 3.45. The molecule has 0 aliphatic rings. The second-order valence-corrected chi connectivity index (χ2v) is 6.14. The van der Waals surface area contributed by atoms with Gasteiger partial charge >= 0.3 is 0 Å². The van der Waals surface area contributed by atoms with Crippen LogP contribution in [0.1, 0.15) is 56.1 Å². The summed E-state index contributed by atoms with van der Waals surface area (Å²) in [7, 11) is 1.43. The number of allylic oxidation sites excluding steroid dienone is 3. The lowest BCUT2D eigenvalue weighted by atomic mass is 9.95. The average Bonchev–Trinajstić information content (AvgIpc) is 2.44. The summed E-state index contributed by atoms with van der Waals surface area (Å²) in [5, 5.41) is 21.0. The van der Waals surface area contributed by atoms with Crippen molar-refractivity contribution in [3.63, 3.8) is 0 Å². The van der Waals surface area contributed by atoms with Crippen molar-refractivity contribution in [3.05, 3.63) is 34.4 Å². The highest BCUT2D eigenvalue weighted by Gasteiger charge is 2.25. The lowest BCUT2D eigenvalue weighted by Crippen LogP contribution is -2.04. The van der Waals surface area contributed by atoms with Gasteiger partial charge in [0.15, 0.2) is 5.78 Å². The van der Waals surface area contributed by atoms with Gasteiger partial charge in [-0.15, -0.1) is 0 Å². The van der Waals surface area contributed by atoms with Crippen molar-refractivity contribution in [1.29, 1.82) is 0 Å². The van der Waals surface area contributed by atoms with Crippen LogP contribution in [0.3, 0.4) is 0 Å². The van der Waals surface area contributed by atoms with Crippen LogP contribution in [0.25, 0.3) is 6.08 Å². The highest BCUT2D eigenvalue weighted by molar-refractivity contribution is 6.02. The van der Waals surface area contributed by atoms with Crippen LogP contribution in [0.2, 0.25) is 0 Å². The number of rotatable bonds is 6. The Morgan fingerprint density at radius 2 is 1.78 bits per heavy atom. The monoisotopic (exact) mass is 318 g/mol. The first-order valence-corrected chi connectivity index (χ1v) is 7.67. The molecule has 4 heteroatoms.